The zero-order valence-corrected chi connectivity index (χ0v) is 12.9. The number of hydrogen-bond acceptors (Lipinski definition) is 4. The topological polar surface area (TPSA) is 96.5 Å². The van der Waals surface area contributed by atoms with Crippen LogP contribution < -0.4 is 20.9 Å². The molecule has 118 valence electrons. The van der Waals surface area contributed by atoms with E-state index >= 15 is 0 Å². The number of hydrogen-bond donors (Lipinski definition) is 3. The molecule has 0 unspecified atom stereocenters. The molecule has 0 saturated heterocycles. The summed E-state index contributed by atoms with van der Waals surface area (Å²) in [6, 6.07) is 4.14. The molecule has 7 nitrogen and oxygen atoms in total. The average Bonchev–Trinajstić information content (AvgIpc) is 3.27. The van der Waals surface area contributed by atoms with E-state index in [9.17, 15) is 18.8 Å². The molecular formula is C13H13BrFN3O4. The first-order valence-corrected chi connectivity index (χ1v) is 7.22. The zero-order chi connectivity index (χ0) is 16.1. The maximum absolute atomic E-state index is 13.4. The summed E-state index contributed by atoms with van der Waals surface area (Å²) in [6.45, 7) is -0.511. The Kier molecular flexibility index (Phi) is 5.31. The van der Waals surface area contributed by atoms with Crippen molar-refractivity contribution in [3.8, 4) is 5.75 Å². The highest BCUT2D eigenvalue weighted by molar-refractivity contribution is 9.10. The van der Waals surface area contributed by atoms with Gasteiger partial charge >= 0.3 is 11.8 Å². The summed E-state index contributed by atoms with van der Waals surface area (Å²) in [6.07, 6.45) is 1.69. The Morgan fingerprint density at radius 1 is 1.23 bits per heavy atom. The van der Waals surface area contributed by atoms with Crippen LogP contribution in [0.5, 0.6) is 5.75 Å². The molecule has 22 heavy (non-hydrogen) atoms. The number of carbonyl (C=O) groups excluding carboxylic acids is 3. The van der Waals surface area contributed by atoms with Gasteiger partial charge in [0, 0.05) is 10.5 Å². The van der Waals surface area contributed by atoms with Crippen molar-refractivity contribution in [1.82, 2.24) is 16.2 Å². The minimum atomic E-state index is -0.977. The molecule has 9 heteroatoms. The largest absolute Gasteiger partial charge is 0.481 e. The van der Waals surface area contributed by atoms with E-state index in [1.165, 1.54) is 12.1 Å². The second-order valence-electron chi connectivity index (χ2n) is 4.61. The molecule has 0 aliphatic heterocycles. The van der Waals surface area contributed by atoms with Crippen molar-refractivity contribution in [3.05, 3.63) is 28.5 Å². The average molecular weight is 374 g/mol. The Balaban J connectivity index is 1.71. The van der Waals surface area contributed by atoms with Crippen LogP contribution in [0.3, 0.4) is 0 Å². The van der Waals surface area contributed by atoms with Crippen LogP contribution in [0.25, 0.3) is 0 Å². The van der Waals surface area contributed by atoms with Crippen molar-refractivity contribution in [1.29, 1.82) is 0 Å². The molecular weight excluding hydrogens is 361 g/mol. The van der Waals surface area contributed by atoms with E-state index in [0.717, 1.165) is 12.8 Å². The van der Waals surface area contributed by atoms with E-state index in [0.29, 0.717) is 4.47 Å². The first-order valence-electron chi connectivity index (χ1n) is 6.43. The highest BCUT2D eigenvalue weighted by Gasteiger charge is 2.26. The van der Waals surface area contributed by atoms with E-state index < -0.39 is 30.1 Å². The fourth-order valence-electron chi connectivity index (χ4n) is 1.43. The van der Waals surface area contributed by atoms with Crippen LogP contribution in [0.1, 0.15) is 12.8 Å². The molecule has 1 saturated carbocycles. The quantitative estimate of drug-likeness (QED) is 0.525. The lowest BCUT2D eigenvalue weighted by Crippen LogP contribution is -2.50. The van der Waals surface area contributed by atoms with Gasteiger partial charge in [0.05, 0.1) is 0 Å². The van der Waals surface area contributed by atoms with E-state index in [-0.39, 0.29) is 11.8 Å². The SMILES string of the molecule is O=C(COc1ccc(Br)cc1F)NNC(=O)C(=O)NC1CC1. The smallest absolute Gasteiger partial charge is 0.327 e. The third-order valence-electron chi connectivity index (χ3n) is 2.69. The Morgan fingerprint density at radius 2 is 1.95 bits per heavy atom. The zero-order valence-electron chi connectivity index (χ0n) is 11.3. The van der Waals surface area contributed by atoms with Crippen LogP contribution in [0.2, 0.25) is 0 Å². The predicted molar refractivity (Wildman–Crippen MR) is 77.0 cm³/mol. The molecule has 3 amide bonds. The number of halogens is 2. The summed E-state index contributed by atoms with van der Waals surface area (Å²) in [5.41, 5.74) is 3.95. The van der Waals surface area contributed by atoms with Gasteiger partial charge < -0.3 is 10.1 Å². The fraction of sp³-hybridized carbons (Fsp3) is 0.308. The maximum Gasteiger partial charge on any atom is 0.327 e. The van der Waals surface area contributed by atoms with Gasteiger partial charge in [-0.05, 0) is 31.0 Å². The molecule has 3 N–H and O–H groups in total. The Hall–Kier alpha value is -2.16. The third-order valence-corrected chi connectivity index (χ3v) is 3.18. The normalized spacial score (nSPS) is 13.2. The van der Waals surface area contributed by atoms with E-state index in [1.54, 1.807) is 6.07 Å². The minimum absolute atomic E-state index is 0.0395. The van der Waals surface area contributed by atoms with Crippen molar-refractivity contribution in [2.45, 2.75) is 18.9 Å². The molecule has 0 radical (unpaired) electrons. The second-order valence-corrected chi connectivity index (χ2v) is 5.53. The monoisotopic (exact) mass is 373 g/mol. The summed E-state index contributed by atoms with van der Waals surface area (Å²) in [5.74, 6) is -3.25. The van der Waals surface area contributed by atoms with Gasteiger partial charge in [-0.1, -0.05) is 15.9 Å². The molecule has 0 aromatic heterocycles. The van der Waals surface area contributed by atoms with Crippen LogP contribution in [0.15, 0.2) is 22.7 Å². The number of carbonyl (C=O) groups is 3. The molecule has 1 aliphatic carbocycles. The summed E-state index contributed by atoms with van der Waals surface area (Å²) in [7, 11) is 0. The first-order chi connectivity index (χ1) is 10.5. The van der Waals surface area contributed by atoms with Crippen LogP contribution in [0, 0.1) is 5.82 Å². The number of benzene rings is 1. The van der Waals surface area contributed by atoms with Crippen molar-refractivity contribution < 1.29 is 23.5 Å². The summed E-state index contributed by atoms with van der Waals surface area (Å²) >= 11 is 3.09. The standard InChI is InChI=1S/C13H13BrFN3O4/c14-7-1-4-10(9(15)5-7)22-6-11(19)17-18-13(21)12(20)16-8-2-3-8/h1,4-5,8H,2-3,6H2,(H,16,20)(H,17,19)(H,18,21). The van der Waals surface area contributed by atoms with E-state index in [1.807, 2.05) is 10.9 Å². The van der Waals surface area contributed by atoms with Crippen LogP contribution in [-0.4, -0.2) is 30.4 Å². The lowest BCUT2D eigenvalue weighted by Gasteiger charge is -2.09. The van der Waals surface area contributed by atoms with Crippen LogP contribution in [-0.2, 0) is 14.4 Å². The molecule has 0 heterocycles. The summed E-state index contributed by atoms with van der Waals surface area (Å²) < 4.78 is 18.9. The van der Waals surface area contributed by atoms with Gasteiger partial charge in [-0.15, -0.1) is 0 Å². The number of nitrogens with one attached hydrogen (secondary N) is 3. The van der Waals surface area contributed by atoms with Gasteiger partial charge in [0.2, 0.25) is 0 Å². The molecule has 0 bridgehead atoms. The molecule has 1 aromatic rings. The molecule has 1 fully saturated rings. The molecule has 1 aromatic carbocycles. The first kappa shape index (κ1) is 16.2. The van der Waals surface area contributed by atoms with Crippen molar-refractivity contribution >= 4 is 33.7 Å². The van der Waals surface area contributed by atoms with Gasteiger partial charge in [0.1, 0.15) is 0 Å². The van der Waals surface area contributed by atoms with Gasteiger partial charge in [0.25, 0.3) is 5.91 Å². The lowest BCUT2D eigenvalue weighted by atomic mass is 10.3. The van der Waals surface area contributed by atoms with Crippen molar-refractivity contribution in [2.24, 2.45) is 0 Å². The minimum Gasteiger partial charge on any atom is -0.481 e. The molecule has 0 atom stereocenters. The summed E-state index contributed by atoms with van der Waals surface area (Å²) in [4.78, 5) is 34.1. The van der Waals surface area contributed by atoms with E-state index in [2.05, 4.69) is 21.2 Å². The lowest BCUT2D eigenvalue weighted by molar-refractivity contribution is -0.141. The van der Waals surface area contributed by atoms with Gasteiger partial charge in [0.15, 0.2) is 18.2 Å². The van der Waals surface area contributed by atoms with Crippen molar-refractivity contribution in [3.63, 3.8) is 0 Å². The maximum atomic E-state index is 13.4. The van der Waals surface area contributed by atoms with E-state index in [4.69, 9.17) is 4.74 Å². The summed E-state index contributed by atoms with van der Waals surface area (Å²) in [5, 5.41) is 2.46. The van der Waals surface area contributed by atoms with Crippen molar-refractivity contribution in [2.75, 3.05) is 6.61 Å². The Morgan fingerprint density at radius 3 is 2.59 bits per heavy atom. The Labute approximate surface area is 133 Å². The fourth-order valence-corrected chi connectivity index (χ4v) is 1.77. The Bertz CT molecular complexity index is 607. The predicted octanol–water partition coefficient (Wildman–Crippen LogP) is 0.393. The molecule has 0 spiro atoms. The molecule has 1 aliphatic rings. The number of hydrazine groups is 1. The third kappa shape index (κ3) is 4.99. The van der Waals surface area contributed by atoms with Gasteiger partial charge in [-0.25, -0.2) is 4.39 Å². The number of amides is 3. The van der Waals surface area contributed by atoms with Crippen LogP contribution >= 0.6 is 15.9 Å². The van der Waals surface area contributed by atoms with Gasteiger partial charge in [-0.3, -0.25) is 25.2 Å². The second kappa shape index (κ2) is 7.21. The van der Waals surface area contributed by atoms with Crippen LogP contribution in [0.4, 0.5) is 4.39 Å². The highest BCUT2D eigenvalue weighted by Crippen LogP contribution is 2.21. The number of rotatable bonds is 4. The number of ether oxygens (including phenoxy) is 1. The molecule has 2 rings (SSSR count). The highest BCUT2D eigenvalue weighted by atomic mass is 79.9. The van der Waals surface area contributed by atoms with Gasteiger partial charge in [-0.2, -0.15) is 0 Å².